The fourth-order valence-corrected chi connectivity index (χ4v) is 1.48. The number of halogens is 4. The molecule has 7 heteroatoms. The summed E-state index contributed by atoms with van der Waals surface area (Å²) in [6.45, 7) is -0.515. The Morgan fingerprint density at radius 2 is 2.00 bits per heavy atom. The Hall–Kier alpha value is -1.24. The molecule has 0 aromatic heterocycles. The smallest absolute Gasteiger partial charge is 0.341 e. The Balaban J connectivity index is 2.77. The van der Waals surface area contributed by atoms with Gasteiger partial charge < -0.3 is 4.90 Å². The molecular weight excluding hydrogens is 270 g/mol. The van der Waals surface area contributed by atoms with E-state index >= 15 is 0 Å². The number of nitrogens with zero attached hydrogens (tertiary/aromatic N) is 1. The van der Waals surface area contributed by atoms with Gasteiger partial charge in [-0.15, -0.1) is 12.6 Å². The largest absolute Gasteiger partial charge is 0.390 e. The molecule has 0 aliphatic rings. The van der Waals surface area contributed by atoms with Crippen LogP contribution in [0.25, 0.3) is 0 Å². The molecule has 0 heterocycles. The minimum atomic E-state index is -4.35. The maximum Gasteiger partial charge on any atom is 0.390 e. The van der Waals surface area contributed by atoms with Crippen LogP contribution in [0.2, 0.25) is 0 Å². The molecule has 0 N–H and O–H groups in total. The molecule has 0 unspecified atom stereocenters. The Bertz CT molecular complexity index is 447. The van der Waals surface area contributed by atoms with Crippen LogP contribution in [0.3, 0.4) is 0 Å². The third-order valence-corrected chi connectivity index (χ3v) is 2.54. The van der Waals surface area contributed by atoms with E-state index in [0.717, 1.165) is 11.0 Å². The minimum Gasteiger partial charge on any atom is -0.341 e. The van der Waals surface area contributed by atoms with Crippen molar-refractivity contribution in [1.29, 1.82) is 0 Å². The van der Waals surface area contributed by atoms with E-state index in [-0.39, 0.29) is 5.56 Å². The van der Waals surface area contributed by atoms with Crippen LogP contribution in [0, 0.1) is 5.82 Å². The number of thiol groups is 1. The van der Waals surface area contributed by atoms with Gasteiger partial charge in [0.2, 0.25) is 0 Å². The molecule has 0 atom stereocenters. The van der Waals surface area contributed by atoms with Crippen molar-refractivity contribution in [3.8, 4) is 0 Å². The molecule has 0 radical (unpaired) electrons. The standard InChI is InChI=1S/C11H11F4NOS/c1-16(5-4-11(13,14)15)10(17)8-6-7(18)2-3-9(8)12/h2-3,6,18H,4-5H2,1H3. The summed E-state index contributed by atoms with van der Waals surface area (Å²) in [5, 5.41) is 0. The number of carbonyl (C=O) groups is 1. The lowest BCUT2D eigenvalue weighted by Crippen LogP contribution is -2.31. The van der Waals surface area contributed by atoms with Crippen LogP contribution >= 0.6 is 12.6 Å². The Morgan fingerprint density at radius 3 is 2.56 bits per heavy atom. The van der Waals surface area contributed by atoms with Crippen LogP contribution < -0.4 is 0 Å². The van der Waals surface area contributed by atoms with E-state index in [1.54, 1.807) is 0 Å². The van der Waals surface area contributed by atoms with Crippen LogP contribution in [0.5, 0.6) is 0 Å². The molecule has 1 aromatic carbocycles. The predicted octanol–water partition coefficient (Wildman–Crippen LogP) is 3.14. The molecule has 100 valence electrons. The van der Waals surface area contributed by atoms with Crippen molar-refractivity contribution in [3.05, 3.63) is 29.6 Å². The van der Waals surface area contributed by atoms with Crippen molar-refractivity contribution in [1.82, 2.24) is 4.90 Å². The normalized spacial score (nSPS) is 11.4. The lowest BCUT2D eigenvalue weighted by atomic mass is 10.2. The number of carbonyl (C=O) groups excluding carboxylic acids is 1. The number of rotatable bonds is 3. The van der Waals surface area contributed by atoms with Gasteiger partial charge in [-0.2, -0.15) is 13.2 Å². The first-order chi connectivity index (χ1) is 8.20. The summed E-state index contributed by atoms with van der Waals surface area (Å²) in [6, 6.07) is 3.59. The summed E-state index contributed by atoms with van der Waals surface area (Å²) in [5.41, 5.74) is -0.285. The molecule has 1 aromatic rings. The fourth-order valence-electron chi connectivity index (χ4n) is 1.28. The first-order valence-corrected chi connectivity index (χ1v) is 5.46. The first-order valence-electron chi connectivity index (χ1n) is 5.01. The third-order valence-electron chi connectivity index (χ3n) is 2.26. The second-order valence-corrected chi connectivity index (χ2v) is 4.27. The van der Waals surface area contributed by atoms with E-state index in [2.05, 4.69) is 12.6 Å². The van der Waals surface area contributed by atoms with Crippen molar-refractivity contribution in [3.63, 3.8) is 0 Å². The molecule has 1 rings (SSSR count). The first kappa shape index (κ1) is 14.8. The molecule has 0 saturated carbocycles. The summed E-state index contributed by atoms with van der Waals surface area (Å²) >= 11 is 3.95. The molecule has 0 aliphatic carbocycles. The van der Waals surface area contributed by atoms with E-state index in [9.17, 15) is 22.4 Å². The topological polar surface area (TPSA) is 20.3 Å². The number of benzene rings is 1. The molecule has 0 bridgehead atoms. The second kappa shape index (κ2) is 5.60. The quantitative estimate of drug-likeness (QED) is 0.666. The van der Waals surface area contributed by atoms with Gasteiger partial charge in [0.15, 0.2) is 0 Å². The molecule has 0 spiro atoms. The van der Waals surface area contributed by atoms with Gasteiger partial charge in [0.25, 0.3) is 5.91 Å². The molecule has 2 nitrogen and oxygen atoms in total. The van der Waals surface area contributed by atoms with Crippen LogP contribution in [0.1, 0.15) is 16.8 Å². The summed E-state index contributed by atoms with van der Waals surface area (Å²) in [4.78, 5) is 12.9. The summed E-state index contributed by atoms with van der Waals surface area (Å²) in [6.07, 6.45) is -5.48. The van der Waals surface area contributed by atoms with Gasteiger partial charge in [-0.1, -0.05) is 0 Å². The van der Waals surface area contributed by atoms with E-state index < -0.39 is 30.9 Å². The Kier molecular flexibility index (Phi) is 4.61. The molecule has 0 aliphatic heterocycles. The SMILES string of the molecule is CN(CCC(F)(F)F)C(=O)c1cc(S)ccc1F. The summed E-state index contributed by atoms with van der Waals surface area (Å²) < 4.78 is 49.4. The van der Waals surface area contributed by atoms with E-state index in [1.165, 1.54) is 19.2 Å². The van der Waals surface area contributed by atoms with E-state index in [0.29, 0.717) is 4.90 Å². The van der Waals surface area contributed by atoms with Gasteiger partial charge in [0.1, 0.15) is 5.82 Å². The van der Waals surface area contributed by atoms with Gasteiger partial charge in [-0.25, -0.2) is 4.39 Å². The molecule has 18 heavy (non-hydrogen) atoms. The maximum absolute atomic E-state index is 13.4. The van der Waals surface area contributed by atoms with Gasteiger partial charge in [0, 0.05) is 18.5 Å². The Morgan fingerprint density at radius 1 is 1.39 bits per heavy atom. The third kappa shape index (κ3) is 4.21. The van der Waals surface area contributed by atoms with Crippen LogP contribution in [-0.2, 0) is 0 Å². The van der Waals surface area contributed by atoms with Gasteiger partial charge >= 0.3 is 6.18 Å². The number of amides is 1. The fraction of sp³-hybridized carbons (Fsp3) is 0.364. The maximum atomic E-state index is 13.4. The van der Waals surface area contributed by atoms with Crippen molar-refractivity contribution < 1.29 is 22.4 Å². The monoisotopic (exact) mass is 281 g/mol. The minimum absolute atomic E-state index is 0.285. The zero-order valence-corrected chi connectivity index (χ0v) is 10.4. The highest BCUT2D eigenvalue weighted by atomic mass is 32.1. The van der Waals surface area contributed by atoms with Crippen molar-refractivity contribution in [2.45, 2.75) is 17.5 Å². The number of alkyl halides is 3. The molecule has 1 amide bonds. The van der Waals surface area contributed by atoms with Crippen LogP contribution in [0.15, 0.2) is 23.1 Å². The van der Waals surface area contributed by atoms with Crippen molar-refractivity contribution in [2.24, 2.45) is 0 Å². The average molecular weight is 281 g/mol. The highest BCUT2D eigenvalue weighted by Crippen LogP contribution is 2.20. The van der Waals surface area contributed by atoms with Crippen molar-refractivity contribution in [2.75, 3.05) is 13.6 Å². The van der Waals surface area contributed by atoms with Gasteiger partial charge in [0.05, 0.1) is 12.0 Å². The highest BCUT2D eigenvalue weighted by molar-refractivity contribution is 7.80. The number of hydrogen-bond donors (Lipinski definition) is 1. The second-order valence-electron chi connectivity index (χ2n) is 3.76. The lowest BCUT2D eigenvalue weighted by molar-refractivity contribution is -0.136. The zero-order chi connectivity index (χ0) is 13.9. The van der Waals surface area contributed by atoms with Crippen LogP contribution in [-0.4, -0.2) is 30.6 Å². The lowest BCUT2D eigenvalue weighted by Gasteiger charge is -2.18. The summed E-state index contributed by atoms with van der Waals surface area (Å²) in [5.74, 6) is -1.58. The number of hydrogen-bond acceptors (Lipinski definition) is 2. The van der Waals surface area contributed by atoms with Gasteiger partial charge in [-0.3, -0.25) is 4.79 Å². The van der Waals surface area contributed by atoms with Crippen molar-refractivity contribution >= 4 is 18.5 Å². The molecule has 0 fully saturated rings. The average Bonchev–Trinajstić information content (AvgIpc) is 2.27. The van der Waals surface area contributed by atoms with E-state index in [4.69, 9.17) is 0 Å². The molecule has 0 saturated heterocycles. The molecular formula is C11H11F4NOS. The van der Waals surface area contributed by atoms with Gasteiger partial charge in [-0.05, 0) is 18.2 Å². The highest BCUT2D eigenvalue weighted by Gasteiger charge is 2.28. The van der Waals surface area contributed by atoms with E-state index in [1.807, 2.05) is 0 Å². The van der Waals surface area contributed by atoms with Crippen LogP contribution in [0.4, 0.5) is 17.6 Å². The predicted molar refractivity (Wildman–Crippen MR) is 61.3 cm³/mol. The Labute approximate surface area is 107 Å². The summed E-state index contributed by atoms with van der Waals surface area (Å²) in [7, 11) is 1.19. The zero-order valence-electron chi connectivity index (χ0n) is 9.46.